The Morgan fingerprint density at radius 2 is 1.19 bits per heavy atom. The summed E-state index contributed by atoms with van der Waals surface area (Å²) < 4.78 is 0. The van der Waals surface area contributed by atoms with E-state index in [9.17, 15) is 14.4 Å². The summed E-state index contributed by atoms with van der Waals surface area (Å²) in [5, 5.41) is 0. The first-order chi connectivity index (χ1) is 12.5. The number of rotatable bonds is 12. The molecule has 0 bridgehead atoms. The molecule has 0 N–H and O–H groups in total. The molecule has 1 heterocycles. The molecule has 2 atom stereocenters. The van der Waals surface area contributed by atoms with Crippen LogP contribution >= 0.6 is 0 Å². The fourth-order valence-electron chi connectivity index (χ4n) is 3.60. The van der Waals surface area contributed by atoms with Gasteiger partial charge in [0.2, 0.25) is 11.8 Å². The van der Waals surface area contributed by atoms with Crippen molar-refractivity contribution in [2.24, 2.45) is 11.8 Å². The molecule has 0 aliphatic carbocycles. The van der Waals surface area contributed by atoms with E-state index in [2.05, 4.69) is 27.7 Å². The lowest BCUT2D eigenvalue weighted by molar-refractivity contribution is -0.129. The Kier molecular flexibility index (Phi) is 10.5. The molecule has 1 aliphatic rings. The van der Waals surface area contributed by atoms with Crippen LogP contribution in [-0.2, 0) is 9.59 Å². The molecular weight excluding hydrogens is 328 g/mol. The van der Waals surface area contributed by atoms with Gasteiger partial charge in [0.25, 0.3) is 0 Å². The lowest BCUT2D eigenvalue weighted by Crippen LogP contribution is -2.40. The van der Waals surface area contributed by atoms with Crippen LogP contribution in [0.2, 0.25) is 0 Å². The molecule has 26 heavy (non-hydrogen) atoms. The lowest BCUT2D eigenvalue weighted by atomic mass is 9.95. The van der Waals surface area contributed by atoms with E-state index < -0.39 is 6.03 Å². The minimum atomic E-state index is -0.407. The van der Waals surface area contributed by atoms with Gasteiger partial charge in [-0.1, -0.05) is 66.2 Å². The molecule has 1 fully saturated rings. The van der Waals surface area contributed by atoms with Crippen LogP contribution in [0.25, 0.3) is 0 Å². The van der Waals surface area contributed by atoms with Crippen LogP contribution in [0.5, 0.6) is 0 Å². The molecule has 0 spiro atoms. The van der Waals surface area contributed by atoms with Crippen LogP contribution in [0.15, 0.2) is 0 Å². The maximum atomic E-state index is 12.6. The summed E-state index contributed by atoms with van der Waals surface area (Å²) in [6.45, 7) is 9.17. The van der Waals surface area contributed by atoms with E-state index in [-0.39, 0.29) is 11.8 Å². The van der Waals surface area contributed by atoms with Gasteiger partial charge in [0, 0.05) is 25.9 Å². The van der Waals surface area contributed by atoms with Crippen LogP contribution in [0.4, 0.5) is 4.79 Å². The number of carbonyl (C=O) groups excluding carboxylic acids is 3. The molecule has 4 amide bonds. The zero-order valence-corrected chi connectivity index (χ0v) is 17.3. The van der Waals surface area contributed by atoms with Gasteiger partial charge in [0.15, 0.2) is 0 Å². The van der Waals surface area contributed by atoms with Crippen molar-refractivity contribution < 1.29 is 14.4 Å². The number of nitrogens with zero attached hydrogens (tertiary/aromatic N) is 2. The molecule has 0 aromatic carbocycles. The van der Waals surface area contributed by atoms with Gasteiger partial charge in [-0.15, -0.1) is 0 Å². The number of amides is 4. The van der Waals surface area contributed by atoms with Crippen LogP contribution in [0.3, 0.4) is 0 Å². The second-order valence-corrected chi connectivity index (χ2v) is 7.61. The van der Waals surface area contributed by atoms with Crippen LogP contribution in [0, 0.1) is 11.8 Å². The maximum absolute atomic E-state index is 12.6. The summed E-state index contributed by atoms with van der Waals surface area (Å²) >= 11 is 0. The van der Waals surface area contributed by atoms with Crippen molar-refractivity contribution >= 4 is 17.8 Å². The molecule has 5 nitrogen and oxygen atoms in total. The van der Waals surface area contributed by atoms with E-state index in [0.717, 1.165) is 51.4 Å². The van der Waals surface area contributed by atoms with Crippen molar-refractivity contribution in [3.8, 4) is 0 Å². The standard InChI is InChI=1S/C21H38N2O3/c1-5-9-11-17(7-3)15-19(24)22-13-14-23(21(22)26)20(25)16-18(8-4)12-10-6-2/h17-18H,5-16H2,1-4H3. The van der Waals surface area contributed by atoms with Crippen molar-refractivity contribution in [3.63, 3.8) is 0 Å². The molecule has 0 saturated carbocycles. The lowest BCUT2D eigenvalue weighted by Gasteiger charge is -2.21. The number of unbranched alkanes of at least 4 members (excludes halogenated alkanes) is 2. The summed E-state index contributed by atoms with van der Waals surface area (Å²) in [5.41, 5.74) is 0. The van der Waals surface area contributed by atoms with E-state index in [4.69, 9.17) is 0 Å². The molecule has 0 aromatic rings. The predicted molar refractivity (Wildman–Crippen MR) is 105 cm³/mol. The third-order valence-corrected chi connectivity index (χ3v) is 5.62. The quantitative estimate of drug-likeness (QED) is 0.489. The molecule has 1 rings (SSSR count). The van der Waals surface area contributed by atoms with Crippen molar-refractivity contribution in [2.45, 2.75) is 91.9 Å². The Labute approximate surface area is 159 Å². The number of urea groups is 1. The molecule has 5 heteroatoms. The van der Waals surface area contributed by atoms with Gasteiger partial charge in [-0.3, -0.25) is 19.4 Å². The fraction of sp³-hybridized carbons (Fsp3) is 0.857. The zero-order valence-electron chi connectivity index (χ0n) is 17.3. The van der Waals surface area contributed by atoms with Gasteiger partial charge in [0.1, 0.15) is 0 Å². The van der Waals surface area contributed by atoms with Crippen molar-refractivity contribution in [1.82, 2.24) is 9.80 Å². The molecule has 1 saturated heterocycles. The number of imide groups is 2. The Hall–Kier alpha value is -1.39. The Morgan fingerprint density at radius 1 is 0.808 bits per heavy atom. The summed E-state index contributed by atoms with van der Waals surface area (Å²) in [6, 6.07) is -0.407. The molecular formula is C21H38N2O3. The zero-order chi connectivity index (χ0) is 19.5. The normalized spacial score (nSPS) is 16.8. The third kappa shape index (κ3) is 6.73. The predicted octanol–water partition coefficient (Wildman–Crippen LogP) is 4.99. The van der Waals surface area contributed by atoms with Gasteiger partial charge in [-0.2, -0.15) is 0 Å². The largest absolute Gasteiger partial charge is 0.333 e. The average Bonchev–Trinajstić information content (AvgIpc) is 3.03. The topological polar surface area (TPSA) is 57.7 Å². The second kappa shape index (κ2) is 12.1. The highest BCUT2D eigenvalue weighted by Crippen LogP contribution is 2.22. The minimum absolute atomic E-state index is 0.119. The highest BCUT2D eigenvalue weighted by Gasteiger charge is 2.37. The van der Waals surface area contributed by atoms with Gasteiger partial charge in [-0.05, 0) is 24.7 Å². The van der Waals surface area contributed by atoms with E-state index in [1.807, 2.05) is 0 Å². The smallest absolute Gasteiger partial charge is 0.274 e. The highest BCUT2D eigenvalue weighted by atomic mass is 16.2. The average molecular weight is 367 g/mol. The highest BCUT2D eigenvalue weighted by molar-refractivity contribution is 6.03. The monoisotopic (exact) mass is 366 g/mol. The first-order valence-corrected chi connectivity index (χ1v) is 10.6. The maximum Gasteiger partial charge on any atom is 0.333 e. The third-order valence-electron chi connectivity index (χ3n) is 5.62. The van der Waals surface area contributed by atoms with Crippen molar-refractivity contribution in [3.05, 3.63) is 0 Å². The Bertz CT molecular complexity index is 424. The van der Waals surface area contributed by atoms with Gasteiger partial charge in [-0.25, -0.2) is 4.79 Å². The van der Waals surface area contributed by atoms with Gasteiger partial charge in [0.05, 0.1) is 0 Å². The Morgan fingerprint density at radius 3 is 1.50 bits per heavy atom. The van der Waals surface area contributed by atoms with Crippen LogP contribution < -0.4 is 0 Å². The number of carbonyl (C=O) groups is 3. The van der Waals surface area contributed by atoms with Crippen molar-refractivity contribution in [2.75, 3.05) is 13.1 Å². The van der Waals surface area contributed by atoms with Crippen LogP contribution in [0.1, 0.15) is 91.9 Å². The van der Waals surface area contributed by atoms with E-state index in [1.54, 1.807) is 0 Å². The first kappa shape index (κ1) is 22.7. The van der Waals surface area contributed by atoms with E-state index in [1.165, 1.54) is 9.80 Å². The summed E-state index contributed by atoms with van der Waals surface area (Å²) in [5.74, 6) is 0.426. The number of hydrogen-bond acceptors (Lipinski definition) is 3. The van der Waals surface area contributed by atoms with Crippen molar-refractivity contribution in [1.29, 1.82) is 0 Å². The SMILES string of the molecule is CCCCC(CC)CC(=O)N1CCN(C(=O)CC(CC)CCCC)C1=O. The molecule has 0 aromatic heterocycles. The number of hydrogen-bond donors (Lipinski definition) is 0. The van der Waals surface area contributed by atoms with Crippen LogP contribution in [-0.4, -0.2) is 40.7 Å². The first-order valence-electron chi connectivity index (χ1n) is 10.6. The molecule has 1 aliphatic heterocycles. The minimum Gasteiger partial charge on any atom is -0.274 e. The molecule has 2 unspecified atom stereocenters. The molecule has 0 radical (unpaired) electrons. The molecule has 150 valence electrons. The van der Waals surface area contributed by atoms with Gasteiger partial charge < -0.3 is 0 Å². The summed E-state index contributed by atoms with van der Waals surface area (Å²) in [7, 11) is 0. The summed E-state index contributed by atoms with van der Waals surface area (Å²) in [6.07, 6.45) is 9.24. The fourth-order valence-corrected chi connectivity index (χ4v) is 3.60. The Balaban J connectivity index is 2.57. The second-order valence-electron chi connectivity index (χ2n) is 7.61. The van der Waals surface area contributed by atoms with E-state index >= 15 is 0 Å². The van der Waals surface area contributed by atoms with Gasteiger partial charge >= 0.3 is 6.03 Å². The van der Waals surface area contributed by atoms with E-state index in [0.29, 0.717) is 37.8 Å². The summed E-state index contributed by atoms with van der Waals surface area (Å²) in [4.78, 5) is 40.2.